The van der Waals surface area contributed by atoms with Crippen LogP contribution in [0.25, 0.3) is 0 Å². The normalized spacial score (nSPS) is 27.6. The van der Waals surface area contributed by atoms with Gasteiger partial charge in [-0.1, -0.05) is 12.8 Å². The van der Waals surface area contributed by atoms with Crippen LogP contribution in [0.1, 0.15) is 39.5 Å². The predicted octanol–water partition coefficient (Wildman–Crippen LogP) is 1.20. The second-order valence-electron chi connectivity index (χ2n) is 5.81. The van der Waals surface area contributed by atoms with Crippen molar-refractivity contribution in [3.05, 3.63) is 0 Å². The van der Waals surface area contributed by atoms with Gasteiger partial charge in [-0.3, -0.25) is 0 Å². The number of nitrogens with zero attached hydrogens (tertiary/aromatic N) is 1. The van der Waals surface area contributed by atoms with Crippen LogP contribution in [-0.2, 0) is 9.53 Å². The summed E-state index contributed by atoms with van der Waals surface area (Å²) in [6.45, 7) is 4.04. The fraction of sp³-hybridized carbons (Fsp3) is 0.846. The Morgan fingerprint density at radius 1 is 1.32 bits per heavy atom. The highest BCUT2D eigenvalue weighted by Crippen LogP contribution is 2.28. The molecule has 2 aliphatic rings. The highest BCUT2D eigenvalue weighted by molar-refractivity contribution is 5.85. The van der Waals surface area contributed by atoms with E-state index in [1.165, 1.54) is 13.8 Å². The van der Waals surface area contributed by atoms with E-state index >= 15 is 0 Å². The van der Waals surface area contributed by atoms with Crippen molar-refractivity contribution in [2.75, 3.05) is 13.2 Å². The van der Waals surface area contributed by atoms with Gasteiger partial charge in [-0.05, 0) is 26.7 Å². The molecule has 6 heteroatoms. The molecule has 0 spiro atoms. The van der Waals surface area contributed by atoms with Gasteiger partial charge in [0.2, 0.25) is 0 Å². The molecule has 2 rings (SSSR count). The zero-order valence-electron chi connectivity index (χ0n) is 11.5. The summed E-state index contributed by atoms with van der Waals surface area (Å²) in [7, 11) is 0. The monoisotopic (exact) mass is 270 g/mol. The first-order valence-electron chi connectivity index (χ1n) is 6.85. The number of nitrogens with one attached hydrogen (secondary N) is 1. The van der Waals surface area contributed by atoms with Crippen molar-refractivity contribution in [3.63, 3.8) is 0 Å². The van der Waals surface area contributed by atoms with Gasteiger partial charge in [-0.15, -0.1) is 0 Å². The maximum absolute atomic E-state index is 12.3. The number of carbonyl (C=O) groups is 2. The largest absolute Gasteiger partial charge is 0.480 e. The lowest BCUT2D eigenvalue weighted by molar-refractivity contribution is -0.143. The zero-order chi connectivity index (χ0) is 14.0. The minimum atomic E-state index is -1.25. The third-order valence-electron chi connectivity index (χ3n) is 3.95. The molecule has 19 heavy (non-hydrogen) atoms. The smallest absolute Gasteiger partial charge is 0.328 e. The second kappa shape index (κ2) is 5.36. The number of rotatable bonds is 2. The van der Waals surface area contributed by atoms with Crippen LogP contribution in [0.5, 0.6) is 0 Å². The molecule has 108 valence electrons. The third kappa shape index (κ3) is 3.00. The number of amides is 2. The van der Waals surface area contributed by atoms with Crippen LogP contribution < -0.4 is 5.32 Å². The van der Waals surface area contributed by atoms with Gasteiger partial charge in [0, 0.05) is 6.54 Å². The fourth-order valence-corrected chi connectivity index (χ4v) is 2.74. The molecule has 2 fully saturated rings. The molecule has 2 unspecified atom stereocenters. The molecule has 1 saturated heterocycles. The van der Waals surface area contributed by atoms with Crippen LogP contribution in [0.15, 0.2) is 0 Å². The van der Waals surface area contributed by atoms with Crippen LogP contribution in [0.4, 0.5) is 4.79 Å². The zero-order valence-corrected chi connectivity index (χ0v) is 11.5. The van der Waals surface area contributed by atoms with Crippen LogP contribution >= 0.6 is 0 Å². The van der Waals surface area contributed by atoms with E-state index in [0.29, 0.717) is 13.2 Å². The van der Waals surface area contributed by atoms with Gasteiger partial charge in [0.05, 0.1) is 18.8 Å². The molecule has 1 aliphatic carbocycles. The highest BCUT2D eigenvalue weighted by Gasteiger charge is 2.39. The van der Waals surface area contributed by atoms with Crippen molar-refractivity contribution in [2.45, 2.75) is 57.2 Å². The Balaban J connectivity index is 2.03. The highest BCUT2D eigenvalue weighted by atomic mass is 16.5. The van der Waals surface area contributed by atoms with Gasteiger partial charge < -0.3 is 20.1 Å². The Labute approximate surface area is 113 Å². The lowest BCUT2D eigenvalue weighted by Crippen LogP contribution is -2.61. The number of hydrogen-bond acceptors (Lipinski definition) is 3. The molecular weight excluding hydrogens is 248 g/mol. The van der Waals surface area contributed by atoms with Crippen LogP contribution in [0.2, 0.25) is 0 Å². The lowest BCUT2D eigenvalue weighted by Gasteiger charge is -2.44. The van der Waals surface area contributed by atoms with Crippen molar-refractivity contribution in [1.29, 1.82) is 0 Å². The molecule has 1 saturated carbocycles. The molecule has 1 aliphatic heterocycles. The standard InChI is InChI=1S/C13H22N2O4/c1-13(2,11(16)17)14-12(18)15-7-8-19-10-6-4-3-5-9(10)15/h9-10H,3-8H2,1-2H3,(H,14,18)(H,16,17). The van der Waals surface area contributed by atoms with E-state index in [1.54, 1.807) is 4.90 Å². The molecule has 1 heterocycles. The number of carboxylic acid groups (broad SMARTS) is 1. The van der Waals surface area contributed by atoms with Gasteiger partial charge in [-0.25, -0.2) is 9.59 Å². The first kappa shape index (κ1) is 14.1. The van der Waals surface area contributed by atoms with Gasteiger partial charge in [0.15, 0.2) is 0 Å². The van der Waals surface area contributed by atoms with Crippen LogP contribution in [0.3, 0.4) is 0 Å². The Hall–Kier alpha value is -1.30. The van der Waals surface area contributed by atoms with Crippen molar-refractivity contribution in [2.24, 2.45) is 0 Å². The summed E-state index contributed by atoms with van der Waals surface area (Å²) in [5, 5.41) is 11.7. The first-order chi connectivity index (χ1) is 8.92. The topological polar surface area (TPSA) is 78.9 Å². The predicted molar refractivity (Wildman–Crippen MR) is 68.9 cm³/mol. The average Bonchev–Trinajstić information content (AvgIpc) is 2.37. The summed E-state index contributed by atoms with van der Waals surface area (Å²) in [6, 6.07) is -0.209. The minimum Gasteiger partial charge on any atom is -0.480 e. The lowest BCUT2D eigenvalue weighted by atomic mass is 9.90. The van der Waals surface area contributed by atoms with Gasteiger partial charge in [0.25, 0.3) is 0 Å². The van der Waals surface area contributed by atoms with Crippen LogP contribution in [0, 0.1) is 0 Å². The summed E-state index contributed by atoms with van der Waals surface area (Å²) >= 11 is 0. The first-order valence-corrected chi connectivity index (χ1v) is 6.85. The number of aliphatic carboxylic acids is 1. The molecule has 2 atom stereocenters. The summed E-state index contributed by atoms with van der Waals surface area (Å²) in [6.07, 6.45) is 4.26. The van der Waals surface area contributed by atoms with Crippen molar-refractivity contribution in [1.82, 2.24) is 10.2 Å². The van der Waals surface area contributed by atoms with Gasteiger partial charge in [-0.2, -0.15) is 0 Å². The maximum atomic E-state index is 12.3. The number of morpholine rings is 1. The van der Waals surface area contributed by atoms with Crippen molar-refractivity contribution >= 4 is 12.0 Å². The van der Waals surface area contributed by atoms with E-state index in [4.69, 9.17) is 9.84 Å². The SMILES string of the molecule is CC(C)(NC(=O)N1CCOC2CCCCC21)C(=O)O. The number of urea groups is 1. The minimum absolute atomic E-state index is 0.0899. The molecule has 0 aromatic carbocycles. The summed E-state index contributed by atoms with van der Waals surface area (Å²) in [5.74, 6) is -1.03. The second-order valence-corrected chi connectivity index (χ2v) is 5.81. The number of carboxylic acids is 1. The molecule has 0 aromatic rings. The molecule has 0 radical (unpaired) electrons. The van der Waals surface area contributed by atoms with E-state index in [9.17, 15) is 9.59 Å². The number of hydrogen-bond donors (Lipinski definition) is 2. The molecular formula is C13H22N2O4. The summed E-state index contributed by atoms with van der Waals surface area (Å²) < 4.78 is 5.70. The fourth-order valence-electron chi connectivity index (χ4n) is 2.74. The quantitative estimate of drug-likeness (QED) is 0.790. The summed E-state index contributed by atoms with van der Waals surface area (Å²) in [5.41, 5.74) is -1.25. The van der Waals surface area contributed by atoms with Crippen molar-refractivity contribution < 1.29 is 19.4 Å². The average molecular weight is 270 g/mol. The van der Waals surface area contributed by atoms with E-state index in [1.807, 2.05) is 0 Å². The molecule has 2 amide bonds. The van der Waals surface area contributed by atoms with Gasteiger partial charge >= 0.3 is 12.0 Å². The van der Waals surface area contributed by atoms with E-state index in [-0.39, 0.29) is 18.2 Å². The Morgan fingerprint density at radius 3 is 2.68 bits per heavy atom. The molecule has 6 nitrogen and oxygen atoms in total. The van der Waals surface area contributed by atoms with E-state index < -0.39 is 11.5 Å². The number of carbonyl (C=O) groups excluding carboxylic acids is 1. The van der Waals surface area contributed by atoms with Crippen LogP contribution in [-0.4, -0.2) is 52.8 Å². The number of ether oxygens (including phenoxy) is 1. The van der Waals surface area contributed by atoms with E-state index in [0.717, 1.165) is 25.7 Å². The van der Waals surface area contributed by atoms with E-state index in [2.05, 4.69) is 5.32 Å². The Bertz CT molecular complexity index is 368. The van der Waals surface area contributed by atoms with Crippen molar-refractivity contribution in [3.8, 4) is 0 Å². The number of fused-ring (bicyclic) bond motifs is 1. The molecule has 2 N–H and O–H groups in total. The summed E-state index contributed by atoms with van der Waals surface area (Å²) in [4.78, 5) is 25.1. The maximum Gasteiger partial charge on any atom is 0.328 e. The Morgan fingerprint density at radius 2 is 2.00 bits per heavy atom. The molecule has 0 aromatic heterocycles. The molecule has 0 bridgehead atoms. The van der Waals surface area contributed by atoms with Gasteiger partial charge in [0.1, 0.15) is 5.54 Å². The third-order valence-corrected chi connectivity index (χ3v) is 3.95. The Kier molecular flexibility index (Phi) is 3.99.